The zero-order valence-electron chi connectivity index (χ0n) is 14.2. The minimum absolute atomic E-state index is 0.401. The topological polar surface area (TPSA) is 111 Å². The lowest BCUT2D eigenvalue weighted by molar-refractivity contribution is 0.582. The maximum absolute atomic E-state index is 13.6. The van der Waals surface area contributed by atoms with Gasteiger partial charge in [0.25, 0.3) is 0 Å². The van der Waals surface area contributed by atoms with Crippen LogP contribution in [-0.2, 0) is 20.9 Å². The Morgan fingerprint density at radius 2 is 1.79 bits per heavy atom. The molecule has 0 spiro atoms. The molecule has 28 heavy (non-hydrogen) atoms. The number of anilines is 1. The van der Waals surface area contributed by atoms with Gasteiger partial charge < -0.3 is 4.42 Å². The Morgan fingerprint density at radius 3 is 2.36 bits per heavy atom. The van der Waals surface area contributed by atoms with Crippen LogP contribution < -0.4 is 9.44 Å². The van der Waals surface area contributed by atoms with Gasteiger partial charge in [0.1, 0.15) is 16.5 Å². The van der Waals surface area contributed by atoms with E-state index in [4.69, 9.17) is 9.56 Å². The molecule has 0 bridgehead atoms. The molecule has 0 unspecified atom stereocenters. The van der Waals surface area contributed by atoms with E-state index in [0.717, 1.165) is 30.0 Å². The van der Waals surface area contributed by atoms with Crippen LogP contribution in [0.25, 0.3) is 17.4 Å². The van der Waals surface area contributed by atoms with Crippen LogP contribution in [0.2, 0.25) is 0 Å². The van der Waals surface area contributed by atoms with Crippen molar-refractivity contribution in [1.82, 2.24) is 0 Å². The molecule has 10 heteroatoms. The van der Waals surface area contributed by atoms with E-state index in [9.17, 15) is 21.2 Å². The van der Waals surface area contributed by atoms with Crippen molar-refractivity contribution in [1.29, 1.82) is 0 Å². The van der Waals surface area contributed by atoms with E-state index in [1.165, 1.54) is 6.08 Å². The number of primary sulfonamides is 1. The molecular weight excluding hydrogens is 407 g/mol. The zero-order chi connectivity index (χ0) is 20.3. The van der Waals surface area contributed by atoms with Gasteiger partial charge in [-0.3, -0.25) is 0 Å². The molecule has 3 aromatic rings. The first-order valence-corrected chi connectivity index (χ1v) is 10.5. The number of nitrogens with zero attached hydrogens (tertiary/aromatic N) is 1. The summed E-state index contributed by atoms with van der Waals surface area (Å²) in [5.41, 5.74) is 1.06. The van der Waals surface area contributed by atoms with Crippen LogP contribution in [-0.4, -0.2) is 16.8 Å². The van der Waals surface area contributed by atoms with Gasteiger partial charge in [-0.2, -0.15) is 0 Å². The Morgan fingerprint density at radius 1 is 1.07 bits per heavy atom. The van der Waals surface area contributed by atoms with Gasteiger partial charge in [0, 0.05) is 11.8 Å². The second-order valence-electron chi connectivity index (χ2n) is 5.65. The van der Waals surface area contributed by atoms with Crippen LogP contribution >= 0.6 is 0 Å². The van der Waals surface area contributed by atoms with E-state index in [2.05, 4.69) is 0 Å². The van der Waals surface area contributed by atoms with Gasteiger partial charge in [-0.15, -0.1) is 0 Å². The molecule has 7 nitrogen and oxygen atoms in total. The summed E-state index contributed by atoms with van der Waals surface area (Å²) in [6.45, 7) is 0. The van der Waals surface area contributed by atoms with E-state index >= 15 is 0 Å². The van der Waals surface area contributed by atoms with Gasteiger partial charge in [0.2, 0.25) is 20.9 Å². The van der Waals surface area contributed by atoms with Crippen molar-refractivity contribution < 1.29 is 25.6 Å². The maximum Gasteiger partial charge on any atom is 0.240 e. The molecule has 3 rings (SSSR count). The quantitative estimate of drug-likeness (QED) is 0.594. The monoisotopic (exact) mass is 422 g/mol. The van der Waals surface area contributed by atoms with Crippen molar-refractivity contribution in [2.75, 3.05) is 4.31 Å². The highest BCUT2D eigenvalue weighted by Crippen LogP contribution is 2.27. The third-order valence-corrected chi connectivity index (χ3v) is 5.43. The Kier molecular flexibility index (Phi) is 5.63. The Balaban J connectivity index is 1.96. The van der Waals surface area contributed by atoms with E-state index in [1.54, 1.807) is 42.7 Å². The summed E-state index contributed by atoms with van der Waals surface area (Å²) in [6, 6.07) is 13.1. The Bertz CT molecular complexity index is 1180. The van der Waals surface area contributed by atoms with Gasteiger partial charge in [-0.05, 0) is 42.0 Å². The fraction of sp³-hybridized carbons (Fsp3) is 0. The van der Waals surface area contributed by atoms with Crippen LogP contribution in [0.3, 0.4) is 0 Å². The van der Waals surface area contributed by atoms with Crippen LogP contribution in [0, 0.1) is 5.82 Å². The summed E-state index contributed by atoms with van der Waals surface area (Å²) < 4.78 is 66.3. The van der Waals surface area contributed by atoms with Crippen molar-refractivity contribution in [3.63, 3.8) is 0 Å². The standard InChI is InChI=1S/C18H15FN2O5S2/c19-15-7-8-18(28(20,24)25)16(12-15)21(27(22)23)10-9-13-3-5-14(6-4-13)17-2-1-11-26-17/h1-12,27H,(H2,20,24,25). The molecule has 2 N–H and O–H groups in total. The molecule has 0 aliphatic carbocycles. The first-order valence-electron chi connectivity index (χ1n) is 7.84. The third-order valence-electron chi connectivity index (χ3n) is 3.77. The van der Waals surface area contributed by atoms with E-state index in [1.807, 2.05) is 0 Å². The molecule has 0 saturated heterocycles. The predicted molar refractivity (Wildman–Crippen MR) is 104 cm³/mol. The molecule has 1 aromatic heterocycles. The van der Waals surface area contributed by atoms with Crippen molar-refractivity contribution in [2.24, 2.45) is 5.14 Å². The van der Waals surface area contributed by atoms with E-state index in [-0.39, 0.29) is 0 Å². The Hall–Kier alpha value is -2.95. The van der Waals surface area contributed by atoms with Gasteiger partial charge in [0.15, 0.2) is 0 Å². The van der Waals surface area contributed by atoms with Crippen molar-refractivity contribution in [2.45, 2.75) is 4.90 Å². The number of rotatable bonds is 6. The number of nitrogens with two attached hydrogens (primary N) is 1. The fourth-order valence-corrected chi connectivity index (χ4v) is 3.78. The number of benzene rings is 2. The average Bonchev–Trinajstić information content (AvgIpc) is 3.16. The van der Waals surface area contributed by atoms with Gasteiger partial charge in [-0.25, -0.2) is 30.7 Å². The molecule has 0 fully saturated rings. The number of halogens is 1. The predicted octanol–water partition coefficient (Wildman–Crippen LogP) is 2.74. The number of hydrogen-bond donors (Lipinski definition) is 2. The van der Waals surface area contributed by atoms with Gasteiger partial charge in [0.05, 0.1) is 12.0 Å². The summed E-state index contributed by atoms with van der Waals surface area (Å²) >= 11 is 0. The van der Waals surface area contributed by atoms with Crippen molar-refractivity contribution >= 4 is 32.7 Å². The summed E-state index contributed by atoms with van der Waals surface area (Å²) in [7, 11) is -7.57. The highest BCUT2D eigenvalue weighted by Gasteiger charge is 2.20. The van der Waals surface area contributed by atoms with Crippen LogP contribution in [0.4, 0.5) is 10.1 Å². The first kappa shape index (κ1) is 19.8. The summed E-state index contributed by atoms with van der Waals surface area (Å²) in [4.78, 5) is -0.508. The highest BCUT2D eigenvalue weighted by atomic mass is 32.2. The number of furan rings is 1. The lowest BCUT2D eigenvalue weighted by Crippen LogP contribution is -2.20. The Labute approximate surface area is 162 Å². The second kappa shape index (κ2) is 7.97. The van der Waals surface area contributed by atoms with E-state index < -0.39 is 37.3 Å². The lowest BCUT2D eigenvalue weighted by atomic mass is 10.1. The molecule has 146 valence electrons. The number of hydrogen-bond acceptors (Lipinski definition) is 5. The molecule has 0 amide bonds. The molecule has 2 aromatic carbocycles. The molecular formula is C18H15FN2O5S2. The maximum atomic E-state index is 13.6. The minimum atomic E-state index is -4.26. The lowest BCUT2D eigenvalue weighted by Gasteiger charge is -2.16. The molecule has 0 radical (unpaired) electrons. The summed E-state index contributed by atoms with van der Waals surface area (Å²) in [6.07, 6.45) is 4.11. The highest BCUT2D eigenvalue weighted by molar-refractivity contribution is 7.89. The first-order chi connectivity index (χ1) is 13.3. The minimum Gasteiger partial charge on any atom is -0.464 e. The molecule has 0 saturated carbocycles. The largest absolute Gasteiger partial charge is 0.464 e. The van der Waals surface area contributed by atoms with Crippen molar-refractivity contribution in [3.8, 4) is 11.3 Å². The normalized spacial score (nSPS) is 12.0. The van der Waals surface area contributed by atoms with Crippen LogP contribution in [0.5, 0.6) is 0 Å². The molecule has 0 aliphatic heterocycles. The summed E-state index contributed by atoms with van der Waals surface area (Å²) in [5.74, 6) is -0.127. The smallest absolute Gasteiger partial charge is 0.240 e. The number of thiol groups is 1. The molecule has 0 aliphatic rings. The molecule has 0 atom stereocenters. The van der Waals surface area contributed by atoms with Gasteiger partial charge in [-0.1, -0.05) is 24.3 Å². The number of sulfonamides is 1. The van der Waals surface area contributed by atoms with Gasteiger partial charge >= 0.3 is 0 Å². The fourth-order valence-electron chi connectivity index (χ4n) is 2.49. The summed E-state index contributed by atoms with van der Waals surface area (Å²) in [5, 5.41) is 5.11. The van der Waals surface area contributed by atoms with Crippen LogP contribution in [0.15, 0.2) is 76.4 Å². The average molecular weight is 422 g/mol. The van der Waals surface area contributed by atoms with Crippen LogP contribution in [0.1, 0.15) is 5.56 Å². The zero-order valence-corrected chi connectivity index (χ0v) is 15.9. The second-order valence-corrected chi connectivity index (χ2v) is 8.09. The SMILES string of the molecule is NS(=O)(=O)c1ccc(F)cc1N(C=Cc1ccc(-c2ccco2)cc1)[SH](=O)=O. The molecule has 1 heterocycles. The van der Waals surface area contributed by atoms with E-state index in [0.29, 0.717) is 15.6 Å². The third kappa shape index (κ3) is 4.47. The van der Waals surface area contributed by atoms with Crippen molar-refractivity contribution in [3.05, 3.63) is 78.4 Å².